The minimum atomic E-state index is -0.621. The maximum Gasteiger partial charge on any atom is 0.417 e. The first kappa shape index (κ1) is 22.8. The molecule has 7 rings (SSSR count). The first-order chi connectivity index (χ1) is 18.3. The molecular formula is C34H32BNO. The van der Waals surface area contributed by atoms with Crippen LogP contribution in [0.1, 0.15) is 43.2 Å². The van der Waals surface area contributed by atoms with Crippen molar-refractivity contribution >= 4 is 34.1 Å². The van der Waals surface area contributed by atoms with Crippen LogP contribution in [0.25, 0.3) is 21.5 Å². The third kappa shape index (κ3) is 3.80. The van der Waals surface area contributed by atoms with E-state index in [0.717, 1.165) is 0 Å². The molecule has 1 saturated heterocycles. The van der Waals surface area contributed by atoms with Crippen LogP contribution in [0.15, 0.2) is 115 Å². The van der Waals surface area contributed by atoms with E-state index in [1.54, 1.807) is 0 Å². The smallest absolute Gasteiger partial charge is 0.402 e. The SMILES string of the molecule is c1ccc(B2NC(C3CCCCC3)C(c3cccc4ccccc34)(c3cccc4ccccc34)O2)cc1. The highest BCUT2D eigenvalue weighted by Gasteiger charge is 2.56. The van der Waals surface area contributed by atoms with Crippen molar-refractivity contribution in [3.05, 3.63) is 126 Å². The highest BCUT2D eigenvalue weighted by molar-refractivity contribution is 6.65. The summed E-state index contributed by atoms with van der Waals surface area (Å²) in [4.78, 5) is 0. The molecule has 1 unspecified atom stereocenters. The highest BCUT2D eigenvalue weighted by atomic mass is 16.5. The number of hydrogen-bond acceptors (Lipinski definition) is 2. The minimum absolute atomic E-state index is 0.162. The highest BCUT2D eigenvalue weighted by Crippen LogP contribution is 2.50. The molecule has 5 aromatic rings. The Hall–Kier alpha value is -3.40. The lowest BCUT2D eigenvalue weighted by molar-refractivity contribution is 0.0811. The van der Waals surface area contributed by atoms with Crippen LogP contribution in [-0.2, 0) is 10.3 Å². The van der Waals surface area contributed by atoms with Gasteiger partial charge in [-0.3, -0.25) is 0 Å². The van der Waals surface area contributed by atoms with Gasteiger partial charge in [0.15, 0.2) is 0 Å². The van der Waals surface area contributed by atoms with Gasteiger partial charge >= 0.3 is 7.05 Å². The summed E-state index contributed by atoms with van der Waals surface area (Å²) in [5.41, 5.74) is 3.10. The Kier molecular flexibility index (Phi) is 5.84. The number of rotatable bonds is 4. The Bertz CT molecular complexity index is 1450. The van der Waals surface area contributed by atoms with Crippen molar-refractivity contribution in [2.45, 2.75) is 43.7 Å². The van der Waals surface area contributed by atoms with Gasteiger partial charge in [0.2, 0.25) is 0 Å². The molecular weight excluding hydrogens is 449 g/mol. The van der Waals surface area contributed by atoms with Crippen LogP contribution in [-0.4, -0.2) is 13.1 Å². The first-order valence-electron chi connectivity index (χ1n) is 13.8. The molecule has 2 fully saturated rings. The average Bonchev–Trinajstić information content (AvgIpc) is 3.39. The summed E-state index contributed by atoms with van der Waals surface area (Å²) < 4.78 is 7.48. The van der Waals surface area contributed by atoms with Crippen molar-refractivity contribution in [3.63, 3.8) is 0 Å². The lowest BCUT2D eigenvalue weighted by atomic mass is 9.69. The van der Waals surface area contributed by atoms with Crippen molar-refractivity contribution in [2.24, 2.45) is 5.92 Å². The van der Waals surface area contributed by atoms with Crippen LogP contribution in [0.5, 0.6) is 0 Å². The Morgan fingerprint density at radius 2 is 1.14 bits per heavy atom. The van der Waals surface area contributed by atoms with Gasteiger partial charge in [0.05, 0.1) is 0 Å². The normalized spacial score (nSPS) is 20.0. The van der Waals surface area contributed by atoms with Crippen LogP contribution in [0.2, 0.25) is 0 Å². The van der Waals surface area contributed by atoms with Gasteiger partial charge in [0.1, 0.15) is 5.60 Å². The van der Waals surface area contributed by atoms with E-state index in [-0.39, 0.29) is 13.1 Å². The average molecular weight is 481 g/mol. The number of hydrogen-bond donors (Lipinski definition) is 1. The molecule has 2 nitrogen and oxygen atoms in total. The fourth-order valence-corrected chi connectivity index (χ4v) is 7.01. The second-order valence-corrected chi connectivity index (χ2v) is 10.7. The summed E-state index contributed by atoms with van der Waals surface area (Å²) in [6.45, 7) is 0. The number of fused-ring (bicyclic) bond motifs is 2. The van der Waals surface area contributed by atoms with Gasteiger partial charge in [0.25, 0.3) is 0 Å². The summed E-state index contributed by atoms with van der Waals surface area (Å²) in [5, 5.41) is 9.13. The predicted octanol–water partition coefficient (Wildman–Crippen LogP) is 7.20. The molecule has 1 aliphatic carbocycles. The van der Waals surface area contributed by atoms with E-state index in [4.69, 9.17) is 4.65 Å². The molecule has 1 atom stereocenters. The summed E-state index contributed by atoms with van der Waals surface area (Å²) in [6, 6.07) is 41.9. The zero-order valence-corrected chi connectivity index (χ0v) is 21.1. The first-order valence-corrected chi connectivity index (χ1v) is 13.8. The second kappa shape index (κ2) is 9.48. The fraction of sp³-hybridized carbons (Fsp3) is 0.235. The fourth-order valence-electron chi connectivity index (χ4n) is 7.01. The largest absolute Gasteiger partial charge is 0.417 e. The molecule has 37 heavy (non-hydrogen) atoms. The lowest BCUT2D eigenvalue weighted by Gasteiger charge is -2.42. The summed E-state index contributed by atoms with van der Waals surface area (Å²) in [7, 11) is -0.175. The molecule has 2 aliphatic rings. The molecule has 182 valence electrons. The van der Waals surface area contributed by atoms with Crippen molar-refractivity contribution < 1.29 is 4.65 Å². The van der Waals surface area contributed by atoms with E-state index in [2.05, 4.69) is 120 Å². The molecule has 0 bridgehead atoms. The summed E-state index contributed by atoms with van der Waals surface area (Å²) in [5.74, 6) is 0.542. The Morgan fingerprint density at radius 1 is 0.595 bits per heavy atom. The molecule has 3 heteroatoms. The Balaban J connectivity index is 1.54. The van der Waals surface area contributed by atoms with E-state index < -0.39 is 5.60 Å². The minimum Gasteiger partial charge on any atom is -0.402 e. The maximum atomic E-state index is 7.48. The van der Waals surface area contributed by atoms with Crippen molar-refractivity contribution in [2.75, 3.05) is 0 Å². The molecule has 1 saturated carbocycles. The van der Waals surface area contributed by atoms with E-state index in [9.17, 15) is 0 Å². The zero-order chi connectivity index (χ0) is 24.7. The van der Waals surface area contributed by atoms with Crippen molar-refractivity contribution in [1.82, 2.24) is 5.23 Å². The zero-order valence-electron chi connectivity index (χ0n) is 21.1. The van der Waals surface area contributed by atoms with Gasteiger partial charge in [-0.05, 0) is 56.9 Å². The molecule has 1 heterocycles. The molecule has 0 spiro atoms. The van der Waals surface area contributed by atoms with Gasteiger partial charge in [-0.25, -0.2) is 0 Å². The molecule has 1 aliphatic heterocycles. The van der Waals surface area contributed by atoms with E-state index in [1.807, 2.05) is 0 Å². The van der Waals surface area contributed by atoms with Gasteiger partial charge in [-0.1, -0.05) is 135 Å². The van der Waals surface area contributed by atoms with Crippen LogP contribution in [0.3, 0.4) is 0 Å². The topological polar surface area (TPSA) is 21.3 Å². The summed E-state index contributed by atoms with van der Waals surface area (Å²) >= 11 is 0. The molecule has 0 radical (unpaired) electrons. The van der Waals surface area contributed by atoms with E-state index in [1.165, 1.54) is 70.2 Å². The molecule has 5 aromatic carbocycles. The number of nitrogens with one attached hydrogen (secondary N) is 1. The van der Waals surface area contributed by atoms with Crippen LogP contribution in [0.4, 0.5) is 0 Å². The van der Waals surface area contributed by atoms with Gasteiger partial charge in [-0.15, -0.1) is 0 Å². The maximum absolute atomic E-state index is 7.48. The Labute approximate surface area is 219 Å². The third-order valence-corrected chi connectivity index (χ3v) is 8.68. The van der Waals surface area contributed by atoms with Crippen molar-refractivity contribution in [3.8, 4) is 0 Å². The molecule has 0 aromatic heterocycles. The van der Waals surface area contributed by atoms with Crippen LogP contribution < -0.4 is 10.7 Å². The van der Waals surface area contributed by atoms with Crippen LogP contribution in [0, 0.1) is 5.92 Å². The van der Waals surface area contributed by atoms with Gasteiger partial charge < -0.3 is 9.88 Å². The monoisotopic (exact) mass is 481 g/mol. The van der Waals surface area contributed by atoms with Gasteiger partial charge in [-0.2, -0.15) is 0 Å². The quantitative estimate of drug-likeness (QED) is 0.274. The van der Waals surface area contributed by atoms with Crippen LogP contribution >= 0.6 is 0 Å². The standard InChI is InChI=1S/C34H32BNO/c1-3-15-27(16-4-1)33-34(37-35(36-33)28-19-5-2-6-20-28,31-23-11-17-25-13-7-9-21-29(25)31)32-24-12-18-26-14-8-10-22-30(26)32/h2,5-14,17-24,27,33,36H,1,3-4,15-16H2. The number of benzene rings is 5. The van der Waals surface area contributed by atoms with Gasteiger partial charge in [0, 0.05) is 6.04 Å². The lowest BCUT2D eigenvalue weighted by Crippen LogP contribution is -2.49. The predicted molar refractivity (Wildman–Crippen MR) is 155 cm³/mol. The second-order valence-electron chi connectivity index (χ2n) is 10.7. The molecule has 1 N–H and O–H groups in total. The van der Waals surface area contributed by atoms with E-state index in [0.29, 0.717) is 5.92 Å². The van der Waals surface area contributed by atoms with Crippen molar-refractivity contribution in [1.29, 1.82) is 0 Å². The molecule has 0 amide bonds. The van der Waals surface area contributed by atoms with E-state index >= 15 is 0 Å². The summed E-state index contributed by atoms with van der Waals surface area (Å²) in [6.07, 6.45) is 6.39. The Morgan fingerprint density at radius 3 is 1.76 bits per heavy atom. The third-order valence-electron chi connectivity index (χ3n) is 8.68.